The SMILES string of the molecule is O=S(=O)(c1ccc(Cl)cc1)N(Cc1cccs1)C1CCOCC1. The molecule has 0 amide bonds. The quantitative estimate of drug-likeness (QED) is 0.803. The highest BCUT2D eigenvalue weighted by molar-refractivity contribution is 7.89. The molecule has 7 heteroatoms. The Bertz CT molecular complexity index is 723. The summed E-state index contributed by atoms with van der Waals surface area (Å²) in [5.74, 6) is 0. The Morgan fingerprint density at radius 1 is 1.17 bits per heavy atom. The zero-order chi connectivity index (χ0) is 16.3. The lowest BCUT2D eigenvalue weighted by atomic mass is 10.1. The van der Waals surface area contributed by atoms with Crippen LogP contribution in [0.15, 0.2) is 46.7 Å². The van der Waals surface area contributed by atoms with Crippen LogP contribution in [0.5, 0.6) is 0 Å². The highest BCUT2D eigenvalue weighted by Crippen LogP contribution is 2.27. The Kier molecular flexibility index (Phi) is 5.38. The molecule has 0 atom stereocenters. The number of ether oxygens (including phenoxy) is 1. The second-order valence-electron chi connectivity index (χ2n) is 5.43. The van der Waals surface area contributed by atoms with Crippen molar-refractivity contribution in [2.45, 2.75) is 30.3 Å². The molecule has 0 N–H and O–H groups in total. The minimum atomic E-state index is -3.57. The number of hydrogen-bond donors (Lipinski definition) is 0. The van der Waals surface area contributed by atoms with Crippen molar-refractivity contribution in [3.63, 3.8) is 0 Å². The van der Waals surface area contributed by atoms with Gasteiger partial charge in [0, 0.05) is 35.7 Å². The van der Waals surface area contributed by atoms with Gasteiger partial charge in [0.25, 0.3) is 0 Å². The third-order valence-electron chi connectivity index (χ3n) is 3.91. The Balaban J connectivity index is 1.93. The molecule has 1 aromatic heterocycles. The maximum absolute atomic E-state index is 13.1. The van der Waals surface area contributed by atoms with Gasteiger partial charge in [-0.15, -0.1) is 11.3 Å². The van der Waals surface area contributed by atoms with E-state index in [9.17, 15) is 8.42 Å². The zero-order valence-electron chi connectivity index (χ0n) is 12.5. The van der Waals surface area contributed by atoms with Crippen LogP contribution >= 0.6 is 22.9 Å². The van der Waals surface area contributed by atoms with E-state index in [1.807, 2.05) is 17.5 Å². The fourth-order valence-corrected chi connectivity index (χ4v) is 5.26. The number of nitrogens with zero attached hydrogens (tertiary/aromatic N) is 1. The van der Waals surface area contributed by atoms with Gasteiger partial charge >= 0.3 is 0 Å². The van der Waals surface area contributed by atoms with E-state index in [4.69, 9.17) is 16.3 Å². The maximum atomic E-state index is 13.1. The summed E-state index contributed by atoms with van der Waals surface area (Å²) in [4.78, 5) is 1.32. The molecule has 1 fully saturated rings. The Hall–Kier alpha value is -0.920. The van der Waals surface area contributed by atoms with Gasteiger partial charge in [-0.3, -0.25) is 0 Å². The van der Waals surface area contributed by atoms with Crippen LogP contribution in [0.4, 0.5) is 0 Å². The standard InChI is InChI=1S/C16H18ClNO3S2/c17-13-3-5-16(6-4-13)23(19,20)18(12-15-2-1-11-22-15)14-7-9-21-10-8-14/h1-6,11,14H,7-10,12H2. The Morgan fingerprint density at radius 2 is 1.87 bits per heavy atom. The smallest absolute Gasteiger partial charge is 0.243 e. The summed E-state index contributed by atoms with van der Waals surface area (Å²) in [5, 5.41) is 2.49. The summed E-state index contributed by atoms with van der Waals surface area (Å²) in [6, 6.07) is 10.2. The van der Waals surface area contributed by atoms with Crippen molar-refractivity contribution < 1.29 is 13.2 Å². The second-order valence-corrected chi connectivity index (χ2v) is 8.79. The molecule has 124 valence electrons. The molecular weight excluding hydrogens is 354 g/mol. The van der Waals surface area contributed by atoms with E-state index in [0.717, 1.165) is 17.7 Å². The van der Waals surface area contributed by atoms with Gasteiger partial charge < -0.3 is 4.74 Å². The van der Waals surface area contributed by atoms with E-state index in [1.54, 1.807) is 39.9 Å². The summed E-state index contributed by atoms with van der Waals surface area (Å²) in [7, 11) is -3.57. The molecule has 4 nitrogen and oxygen atoms in total. The molecule has 3 rings (SSSR count). The topological polar surface area (TPSA) is 46.6 Å². The van der Waals surface area contributed by atoms with Crippen LogP contribution in [0, 0.1) is 0 Å². The van der Waals surface area contributed by atoms with Crippen LogP contribution in [0.2, 0.25) is 5.02 Å². The summed E-state index contributed by atoms with van der Waals surface area (Å²) in [6.45, 7) is 1.59. The molecule has 1 saturated heterocycles. The fraction of sp³-hybridized carbons (Fsp3) is 0.375. The largest absolute Gasteiger partial charge is 0.381 e. The number of thiophene rings is 1. The van der Waals surface area contributed by atoms with Crippen LogP contribution < -0.4 is 0 Å². The van der Waals surface area contributed by atoms with Gasteiger partial charge in [-0.1, -0.05) is 17.7 Å². The highest BCUT2D eigenvalue weighted by Gasteiger charge is 2.32. The van der Waals surface area contributed by atoms with Gasteiger partial charge in [-0.05, 0) is 48.6 Å². The number of benzene rings is 1. The van der Waals surface area contributed by atoms with Crippen LogP contribution in [-0.2, 0) is 21.3 Å². The van der Waals surface area contributed by atoms with Crippen LogP contribution in [0.3, 0.4) is 0 Å². The first-order valence-electron chi connectivity index (χ1n) is 7.45. The van der Waals surface area contributed by atoms with Crippen molar-refractivity contribution >= 4 is 33.0 Å². The zero-order valence-corrected chi connectivity index (χ0v) is 14.9. The van der Waals surface area contributed by atoms with Crippen molar-refractivity contribution in [2.24, 2.45) is 0 Å². The molecule has 0 bridgehead atoms. The molecular formula is C16H18ClNO3S2. The van der Waals surface area contributed by atoms with Gasteiger partial charge in [0.2, 0.25) is 10.0 Å². The summed E-state index contributed by atoms with van der Waals surface area (Å²) in [5.41, 5.74) is 0. The fourth-order valence-electron chi connectivity index (χ4n) is 2.68. The molecule has 1 aliphatic rings. The first kappa shape index (κ1) is 16.9. The molecule has 1 aromatic carbocycles. The van der Waals surface area contributed by atoms with Gasteiger partial charge in [-0.25, -0.2) is 8.42 Å². The minimum absolute atomic E-state index is 0.0356. The summed E-state index contributed by atoms with van der Waals surface area (Å²) in [6.07, 6.45) is 1.44. The highest BCUT2D eigenvalue weighted by atomic mass is 35.5. The maximum Gasteiger partial charge on any atom is 0.243 e. The second kappa shape index (κ2) is 7.32. The van der Waals surface area contributed by atoms with Gasteiger partial charge in [0.15, 0.2) is 0 Å². The molecule has 23 heavy (non-hydrogen) atoms. The molecule has 2 aromatic rings. The lowest BCUT2D eigenvalue weighted by Gasteiger charge is -2.33. The van der Waals surface area contributed by atoms with Crippen molar-refractivity contribution in [1.29, 1.82) is 0 Å². The van der Waals surface area contributed by atoms with E-state index in [2.05, 4.69) is 0 Å². The molecule has 0 saturated carbocycles. The van der Waals surface area contributed by atoms with E-state index in [1.165, 1.54) is 0 Å². The van der Waals surface area contributed by atoms with Crippen LogP contribution in [0.25, 0.3) is 0 Å². The third-order valence-corrected chi connectivity index (χ3v) is 6.94. The van der Waals surface area contributed by atoms with Crippen LogP contribution in [-0.4, -0.2) is 32.0 Å². The average molecular weight is 372 g/mol. The average Bonchev–Trinajstić information content (AvgIpc) is 3.07. The van der Waals surface area contributed by atoms with Crippen molar-refractivity contribution in [3.8, 4) is 0 Å². The van der Waals surface area contributed by atoms with Crippen molar-refractivity contribution in [2.75, 3.05) is 13.2 Å². The van der Waals surface area contributed by atoms with Gasteiger partial charge in [0.1, 0.15) is 0 Å². The number of rotatable bonds is 5. The van der Waals surface area contributed by atoms with E-state index < -0.39 is 10.0 Å². The van der Waals surface area contributed by atoms with E-state index in [-0.39, 0.29) is 10.9 Å². The lowest BCUT2D eigenvalue weighted by Crippen LogP contribution is -2.42. The lowest BCUT2D eigenvalue weighted by molar-refractivity contribution is 0.0571. The predicted octanol–water partition coefficient (Wildman–Crippen LogP) is 3.77. The first-order chi connectivity index (χ1) is 11.1. The summed E-state index contributed by atoms with van der Waals surface area (Å²) >= 11 is 7.45. The number of hydrogen-bond acceptors (Lipinski definition) is 4. The van der Waals surface area contributed by atoms with Gasteiger partial charge in [0.05, 0.1) is 4.90 Å². The van der Waals surface area contributed by atoms with Gasteiger partial charge in [-0.2, -0.15) is 4.31 Å². The third kappa shape index (κ3) is 3.95. The molecule has 0 radical (unpaired) electrons. The Labute approximate surface area is 145 Å². The minimum Gasteiger partial charge on any atom is -0.381 e. The number of halogens is 1. The molecule has 0 aliphatic carbocycles. The van der Waals surface area contributed by atoms with Crippen molar-refractivity contribution in [1.82, 2.24) is 4.31 Å². The molecule has 0 unspecified atom stereocenters. The molecule has 0 spiro atoms. The summed E-state index contributed by atoms with van der Waals surface area (Å²) < 4.78 is 33.2. The molecule has 1 aliphatic heterocycles. The molecule has 2 heterocycles. The van der Waals surface area contributed by atoms with Crippen molar-refractivity contribution in [3.05, 3.63) is 51.7 Å². The van der Waals surface area contributed by atoms with E-state index in [0.29, 0.717) is 24.8 Å². The van der Waals surface area contributed by atoms with Crippen LogP contribution in [0.1, 0.15) is 17.7 Å². The number of sulfonamides is 1. The van der Waals surface area contributed by atoms with E-state index >= 15 is 0 Å². The predicted molar refractivity (Wildman–Crippen MR) is 92.3 cm³/mol. The normalized spacial score (nSPS) is 16.8. The Morgan fingerprint density at radius 3 is 2.48 bits per heavy atom. The first-order valence-corrected chi connectivity index (χ1v) is 10.1. The monoisotopic (exact) mass is 371 g/mol.